The van der Waals surface area contributed by atoms with E-state index < -0.39 is 4.92 Å². The van der Waals surface area contributed by atoms with E-state index in [1.54, 1.807) is 24.3 Å². The summed E-state index contributed by atoms with van der Waals surface area (Å²) in [6.07, 6.45) is 0. The van der Waals surface area contributed by atoms with Gasteiger partial charge < -0.3 is 9.73 Å². The minimum atomic E-state index is -0.532. The van der Waals surface area contributed by atoms with Crippen molar-refractivity contribution in [1.29, 1.82) is 0 Å². The number of hydrogen-bond acceptors (Lipinski definition) is 7. The first kappa shape index (κ1) is 19.2. The Hall–Kier alpha value is -2.62. The van der Waals surface area contributed by atoms with E-state index in [4.69, 9.17) is 27.6 Å². The molecule has 0 unspecified atom stereocenters. The van der Waals surface area contributed by atoms with Gasteiger partial charge in [0.2, 0.25) is 5.91 Å². The third-order valence-electron chi connectivity index (χ3n) is 3.27. The predicted molar refractivity (Wildman–Crippen MR) is 102 cm³/mol. The lowest BCUT2D eigenvalue weighted by molar-refractivity contribution is -0.384. The normalized spacial score (nSPS) is 10.6. The van der Waals surface area contributed by atoms with Gasteiger partial charge in [-0.3, -0.25) is 14.9 Å². The molecule has 0 aliphatic rings. The molecule has 1 N–H and O–H groups in total. The van der Waals surface area contributed by atoms with Gasteiger partial charge in [-0.1, -0.05) is 47.1 Å². The molecule has 138 valence electrons. The molecule has 0 atom stereocenters. The van der Waals surface area contributed by atoms with Crippen LogP contribution >= 0.6 is 35.0 Å². The second kappa shape index (κ2) is 8.38. The lowest BCUT2D eigenvalue weighted by Gasteiger charge is -2.06. The van der Waals surface area contributed by atoms with Gasteiger partial charge in [0, 0.05) is 11.1 Å². The second-order valence-electron chi connectivity index (χ2n) is 5.11. The van der Waals surface area contributed by atoms with Crippen LogP contribution in [-0.4, -0.2) is 26.8 Å². The van der Waals surface area contributed by atoms with Gasteiger partial charge in [-0.15, -0.1) is 10.2 Å². The highest BCUT2D eigenvalue weighted by atomic mass is 35.5. The van der Waals surface area contributed by atoms with Gasteiger partial charge in [0.1, 0.15) is 5.56 Å². The summed E-state index contributed by atoms with van der Waals surface area (Å²) >= 11 is 12.8. The van der Waals surface area contributed by atoms with Crippen LogP contribution in [0.1, 0.15) is 0 Å². The van der Waals surface area contributed by atoms with E-state index in [9.17, 15) is 14.9 Å². The van der Waals surface area contributed by atoms with Crippen LogP contribution < -0.4 is 5.32 Å². The molecular weight excluding hydrogens is 415 g/mol. The Bertz CT molecular complexity index is 1010. The van der Waals surface area contributed by atoms with Crippen molar-refractivity contribution in [1.82, 2.24) is 10.2 Å². The fourth-order valence-corrected chi connectivity index (χ4v) is 3.11. The number of anilines is 1. The molecule has 0 aliphatic heterocycles. The molecular formula is C16H10Cl2N4O4S. The van der Waals surface area contributed by atoms with E-state index >= 15 is 0 Å². The molecule has 11 heteroatoms. The number of nitro groups is 1. The van der Waals surface area contributed by atoms with Crippen LogP contribution in [0.2, 0.25) is 10.0 Å². The van der Waals surface area contributed by atoms with Crippen molar-refractivity contribution < 1.29 is 14.1 Å². The van der Waals surface area contributed by atoms with Gasteiger partial charge in [-0.05, 0) is 24.3 Å². The summed E-state index contributed by atoms with van der Waals surface area (Å²) in [4.78, 5) is 22.6. The van der Waals surface area contributed by atoms with E-state index in [-0.39, 0.29) is 34.0 Å². The first-order chi connectivity index (χ1) is 12.9. The summed E-state index contributed by atoms with van der Waals surface area (Å²) in [5, 5.41) is 22.2. The number of thioether (sulfide) groups is 1. The number of rotatable bonds is 6. The summed E-state index contributed by atoms with van der Waals surface area (Å²) in [5.74, 6) is -0.349. The summed E-state index contributed by atoms with van der Waals surface area (Å²) in [5.41, 5.74) is 0.491. The molecule has 8 nitrogen and oxygen atoms in total. The first-order valence-electron chi connectivity index (χ1n) is 7.39. The Kier molecular flexibility index (Phi) is 5.94. The van der Waals surface area contributed by atoms with Gasteiger partial charge in [0.25, 0.3) is 16.8 Å². The average molecular weight is 425 g/mol. The van der Waals surface area contributed by atoms with Crippen LogP contribution in [0.5, 0.6) is 0 Å². The number of aromatic nitrogens is 2. The van der Waals surface area contributed by atoms with Crippen LogP contribution in [0.3, 0.4) is 0 Å². The van der Waals surface area contributed by atoms with Crippen LogP contribution in [-0.2, 0) is 4.79 Å². The fourth-order valence-electron chi connectivity index (χ4n) is 2.10. The molecule has 0 saturated carbocycles. The van der Waals surface area contributed by atoms with Crippen molar-refractivity contribution in [3.8, 4) is 11.5 Å². The summed E-state index contributed by atoms with van der Waals surface area (Å²) in [6, 6.07) is 10.7. The Balaban J connectivity index is 1.65. The van der Waals surface area contributed by atoms with Crippen molar-refractivity contribution in [3.05, 3.63) is 62.6 Å². The summed E-state index contributed by atoms with van der Waals surface area (Å²) in [7, 11) is 0. The number of carbonyl (C=O) groups is 1. The zero-order valence-corrected chi connectivity index (χ0v) is 15.7. The molecule has 0 radical (unpaired) electrons. The van der Waals surface area contributed by atoms with Crippen LogP contribution in [0.15, 0.2) is 52.1 Å². The largest absolute Gasteiger partial charge is 0.411 e. The molecule has 0 bridgehead atoms. The maximum Gasteiger partial charge on any atom is 0.282 e. The number of amides is 1. The fraction of sp³-hybridized carbons (Fsp3) is 0.0625. The van der Waals surface area contributed by atoms with Crippen molar-refractivity contribution in [2.45, 2.75) is 5.22 Å². The monoisotopic (exact) mass is 424 g/mol. The number of para-hydroxylation sites is 1. The van der Waals surface area contributed by atoms with E-state index in [0.29, 0.717) is 15.7 Å². The van der Waals surface area contributed by atoms with Crippen LogP contribution in [0.25, 0.3) is 11.5 Å². The molecule has 1 aromatic heterocycles. The Morgan fingerprint density at radius 3 is 2.74 bits per heavy atom. The summed E-state index contributed by atoms with van der Waals surface area (Å²) in [6.45, 7) is 0. The molecule has 1 heterocycles. The van der Waals surface area contributed by atoms with Gasteiger partial charge in [0.15, 0.2) is 0 Å². The molecule has 3 rings (SSSR count). The van der Waals surface area contributed by atoms with Crippen LogP contribution in [0, 0.1) is 10.1 Å². The minimum absolute atomic E-state index is 0.00551. The van der Waals surface area contributed by atoms with E-state index in [2.05, 4.69) is 15.5 Å². The zero-order chi connectivity index (χ0) is 19.4. The molecule has 27 heavy (non-hydrogen) atoms. The first-order valence-corrected chi connectivity index (χ1v) is 9.13. The van der Waals surface area contributed by atoms with E-state index in [1.165, 1.54) is 18.2 Å². The molecule has 3 aromatic rings. The highest BCUT2D eigenvalue weighted by Gasteiger charge is 2.20. The lowest BCUT2D eigenvalue weighted by Crippen LogP contribution is -2.14. The minimum Gasteiger partial charge on any atom is -0.411 e. The Labute approximate surface area is 167 Å². The van der Waals surface area contributed by atoms with Crippen molar-refractivity contribution in [3.63, 3.8) is 0 Å². The highest BCUT2D eigenvalue weighted by molar-refractivity contribution is 7.99. The van der Waals surface area contributed by atoms with Crippen LogP contribution in [0.4, 0.5) is 11.4 Å². The van der Waals surface area contributed by atoms with Gasteiger partial charge >= 0.3 is 0 Å². The number of nitrogens with one attached hydrogen (secondary N) is 1. The molecule has 0 aliphatic carbocycles. The molecule has 2 aromatic carbocycles. The topological polar surface area (TPSA) is 111 Å². The second-order valence-corrected chi connectivity index (χ2v) is 6.88. The smallest absolute Gasteiger partial charge is 0.282 e. The third-order valence-corrected chi connectivity index (χ3v) is 4.64. The van der Waals surface area contributed by atoms with Gasteiger partial charge in [-0.25, -0.2) is 0 Å². The van der Waals surface area contributed by atoms with Crippen molar-refractivity contribution in [2.24, 2.45) is 0 Å². The SMILES string of the molecule is O=C(CSc1nnc(-c2ccccc2[N+](=O)[O-])o1)Nc1ccc(Cl)cc1Cl. The Morgan fingerprint density at radius 2 is 2.00 bits per heavy atom. The van der Waals surface area contributed by atoms with Gasteiger partial charge in [-0.2, -0.15) is 0 Å². The lowest BCUT2D eigenvalue weighted by atomic mass is 10.2. The average Bonchev–Trinajstić information content (AvgIpc) is 3.11. The quantitative estimate of drug-likeness (QED) is 0.347. The number of nitro benzene ring substituents is 1. The number of halogens is 2. The molecule has 1 amide bonds. The molecule has 0 fully saturated rings. The van der Waals surface area contributed by atoms with Crippen molar-refractivity contribution in [2.75, 3.05) is 11.1 Å². The summed E-state index contributed by atoms with van der Waals surface area (Å²) < 4.78 is 5.41. The number of hydrogen-bond donors (Lipinski definition) is 1. The van der Waals surface area contributed by atoms with Gasteiger partial charge in [0.05, 0.1) is 21.4 Å². The number of carbonyl (C=O) groups excluding carboxylic acids is 1. The maximum absolute atomic E-state index is 12.0. The highest BCUT2D eigenvalue weighted by Crippen LogP contribution is 2.30. The molecule has 0 spiro atoms. The third kappa shape index (κ3) is 4.76. The zero-order valence-electron chi connectivity index (χ0n) is 13.4. The van der Waals surface area contributed by atoms with E-state index in [1.807, 2.05) is 0 Å². The standard InChI is InChI=1S/C16H10Cl2N4O4S/c17-9-5-6-12(11(18)7-9)19-14(23)8-27-16-21-20-15(26-16)10-3-1-2-4-13(10)22(24)25/h1-7H,8H2,(H,19,23). The molecule has 0 saturated heterocycles. The predicted octanol–water partition coefficient (Wildman–Crippen LogP) is 4.68. The maximum atomic E-state index is 12.0. The van der Waals surface area contributed by atoms with E-state index in [0.717, 1.165) is 11.8 Å². The number of nitrogens with zero attached hydrogens (tertiary/aromatic N) is 3. The van der Waals surface area contributed by atoms with Crippen molar-refractivity contribution >= 4 is 52.2 Å². The Morgan fingerprint density at radius 1 is 1.22 bits per heavy atom. The number of benzene rings is 2.